The number of nitrogens with one attached hydrogen (secondary N) is 1. The molecule has 0 aliphatic carbocycles. The van der Waals surface area contributed by atoms with Gasteiger partial charge in [-0.25, -0.2) is 4.98 Å². The minimum atomic E-state index is 0.0171. The van der Waals surface area contributed by atoms with E-state index in [2.05, 4.69) is 47.2 Å². The number of aromatic nitrogens is 2. The fraction of sp³-hybridized carbons (Fsp3) is 0.364. The van der Waals surface area contributed by atoms with Crippen LogP contribution in [0, 0.1) is 13.8 Å². The molecule has 1 saturated heterocycles. The van der Waals surface area contributed by atoms with Crippen LogP contribution in [0.4, 0.5) is 5.69 Å². The van der Waals surface area contributed by atoms with Gasteiger partial charge in [0.1, 0.15) is 17.4 Å². The first-order valence-corrected chi connectivity index (χ1v) is 9.66. The van der Waals surface area contributed by atoms with Crippen molar-refractivity contribution in [1.29, 1.82) is 0 Å². The third-order valence-corrected chi connectivity index (χ3v) is 5.75. The Bertz CT molecular complexity index is 1050. The smallest absolute Gasteiger partial charge is 0.227 e. The molecule has 0 bridgehead atoms. The van der Waals surface area contributed by atoms with Crippen LogP contribution in [-0.4, -0.2) is 22.4 Å². The highest BCUT2D eigenvalue weighted by molar-refractivity contribution is 6.00. The molecule has 0 spiro atoms. The Morgan fingerprint density at radius 2 is 2.07 bits per heavy atom. The SMILES string of the molecule is Cc1nc2c3c(c(N4CCCC4=O)cc2[nH]1)CC[C@@H](c1ccccc1C)O3. The Labute approximate surface area is 158 Å². The number of hydrogen-bond donors (Lipinski definition) is 1. The second kappa shape index (κ2) is 6.12. The van der Waals surface area contributed by atoms with E-state index in [4.69, 9.17) is 4.74 Å². The predicted octanol–water partition coefficient (Wildman–Crippen LogP) is 4.37. The lowest BCUT2D eigenvalue weighted by molar-refractivity contribution is -0.117. The van der Waals surface area contributed by atoms with Gasteiger partial charge in [0.05, 0.1) is 11.2 Å². The molecular weight excluding hydrogens is 338 g/mol. The van der Waals surface area contributed by atoms with E-state index in [9.17, 15) is 4.79 Å². The van der Waals surface area contributed by atoms with Crippen molar-refractivity contribution in [2.45, 2.75) is 45.6 Å². The maximum absolute atomic E-state index is 12.4. The summed E-state index contributed by atoms with van der Waals surface area (Å²) in [5.41, 5.74) is 6.39. The Kier molecular flexibility index (Phi) is 3.71. The van der Waals surface area contributed by atoms with Crippen molar-refractivity contribution in [3.05, 3.63) is 52.8 Å². The summed E-state index contributed by atoms with van der Waals surface area (Å²) in [5.74, 6) is 1.90. The van der Waals surface area contributed by atoms with E-state index >= 15 is 0 Å². The summed E-state index contributed by atoms with van der Waals surface area (Å²) in [6.45, 7) is 4.86. The lowest BCUT2D eigenvalue weighted by Gasteiger charge is -2.31. The molecule has 5 rings (SSSR count). The minimum Gasteiger partial charge on any atom is -0.483 e. The number of hydrogen-bond acceptors (Lipinski definition) is 3. The number of ether oxygens (including phenoxy) is 1. The molecule has 1 amide bonds. The van der Waals surface area contributed by atoms with Crippen LogP contribution in [0.15, 0.2) is 30.3 Å². The highest BCUT2D eigenvalue weighted by Gasteiger charge is 2.32. The van der Waals surface area contributed by atoms with E-state index < -0.39 is 0 Å². The van der Waals surface area contributed by atoms with E-state index in [1.165, 1.54) is 11.1 Å². The van der Waals surface area contributed by atoms with E-state index in [1.54, 1.807) is 0 Å². The van der Waals surface area contributed by atoms with Crippen LogP contribution < -0.4 is 9.64 Å². The fourth-order valence-electron chi connectivity index (χ4n) is 4.43. The van der Waals surface area contributed by atoms with Gasteiger partial charge < -0.3 is 14.6 Å². The standard InChI is InChI=1S/C22H23N3O2/c1-13-6-3-4-7-15(13)19-10-9-16-18(25-11-5-8-20(25)26)12-17-21(22(16)27-19)24-14(2)23-17/h3-4,6-7,12,19H,5,8-11H2,1-2H3,(H,23,24)/t19-/m0/s1. The molecule has 5 nitrogen and oxygen atoms in total. The van der Waals surface area contributed by atoms with Crippen molar-refractivity contribution in [1.82, 2.24) is 9.97 Å². The molecule has 1 fully saturated rings. The van der Waals surface area contributed by atoms with Crippen molar-refractivity contribution in [2.75, 3.05) is 11.4 Å². The molecule has 2 aliphatic heterocycles. The summed E-state index contributed by atoms with van der Waals surface area (Å²) in [5, 5.41) is 0. The van der Waals surface area contributed by atoms with Crippen molar-refractivity contribution < 1.29 is 9.53 Å². The van der Waals surface area contributed by atoms with Gasteiger partial charge in [0.2, 0.25) is 5.91 Å². The molecule has 1 aromatic heterocycles. The average Bonchev–Trinajstić information content (AvgIpc) is 3.25. The predicted molar refractivity (Wildman–Crippen MR) is 105 cm³/mol. The Morgan fingerprint density at radius 1 is 1.22 bits per heavy atom. The number of rotatable bonds is 2. The topological polar surface area (TPSA) is 58.2 Å². The number of aryl methyl sites for hydroxylation is 2. The monoisotopic (exact) mass is 361 g/mol. The summed E-state index contributed by atoms with van der Waals surface area (Å²) in [6.07, 6.45) is 3.35. The summed E-state index contributed by atoms with van der Waals surface area (Å²) in [4.78, 5) is 22.3. The Balaban J connectivity index is 1.65. The molecule has 138 valence electrons. The fourth-order valence-corrected chi connectivity index (χ4v) is 4.43. The highest BCUT2D eigenvalue weighted by atomic mass is 16.5. The quantitative estimate of drug-likeness (QED) is 0.737. The van der Waals surface area contributed by atoms with Gasteiger partial charge in [-0.2, -0.15) is 0 Å². The summed E-state index contributed by atoms with van der Waals surface area (Å²) in [6, 6.07) is 10.5. The minimum absolute atomic E-state index is 0.0171. The summed E-state index contributed by atoms with van der Waals surface area (Å²) >= 11 is 0. The van der Waals surface area contributed by atoms with Gasteiger partial charge in [0, 0.05) is 18.5 Å². The highest BCUT2D eigenvalue weighted by Crippen LogP contribution is 2.45. The Hall–Kier alpha value is -2.82. The largest absolute Gasteiger partial charge is 0.483 e. The zero-order valence-corrected chi connectivity index (χ0v) is 15.7. The van der Waals surface area contributed by atoms with Crippen LogP contribution in [-0.2, 0) is 11.2 Å². The molecule has 1 atom stereocenters. The van der Waals surface area contributed by atoms with Crippen LogP contribution in [0.25, 0.3) is 11.0 Å². The van der Waals surface area contributed by atoms with Gasteiger partial charge in [-0.05, 0) is 50.3 Å². The molecule has 5 heteroatoms. The third-order valence-electron chi connectivity index (χ3n) is 5.75. The molecule has 0 unspecified atom stereocenters. The average molecular weight is 361 g/mol. The van der Waals surface area contributed by atoms with E-state index in [-0.39, 0.29) is 12.0 Å². The Morgan fingerprint density at radius 3 is 2.85 bits per heavy atom. The van der Waals surface area contributed by atoms with Crippen LogP contribution in [0.3, 0.4) is 0 Å². The molecule has 2 aromatic carbocycles. The van der Waals surface area contributed by atoms with Gasteiger partial charge in [0.25, 0.3) is 0 Å². The number of amides is 1. The molecule has 27 heavy (non-hydrogen) atoms. The first kappa shape index (κ1) is 16.4. The second-order valence-corrected chi connectivity index (χ2v) is 7.57. The maximum Gasteiger partial charge on any atom is 0.227 e. The van der Waals surface area contributed by atoms with Crippen molar-refractivity contribution in [3.63, 3.8) is 0 Å². The van der Waals surface area contributed by atoms with Gasteiger partial charge >= 0.3 is 0 Å². The summed E-state index contributed by atoms with van der Waals surface area (Å²) < 4.78 is 6.54. The summed E-state index contributed by atoms with van der Waals surface area (Å²) in [7, 11) is 0. The van der Waals surface area contributed by atoms with E-state index in [1.807, 2.05) is 11.8 Å². The van der Waals surface area contributed by atoms with Crippen molar-refractivity contribution in [2.24, 2.45) is 0 Å². The van der Waals surface area contributed by atoms with Crippen molar-refractivity contribution in [3.8, 4) is 5.75 Å². The molecule has 1 N–H and O–H groups in total. The third kappa shape index (κ3) is 2.60. The molecule has 0 radical (unpaired) electrons. The first-order chi connectivity index (χ1) is 13.1. The number of nitrogens with zero attached hydrogens (tertiary/aromatic N) is 2. The number of carbonyl (C=O) groups is 1. The molecule has 2 aliphatic rings. The number of aromatic amines is 1. The van der Waals surface area contributed by atoms with Gasteiger partial charge in [-0.15, -0.1) is 0 Å². The van der Waals surface area contributed by atoms with Crippen LogP contribution >= 0.6 is 0 Å². The number of anilines is 1. The van der Waals surface area contributed by atoms with Crippen molar-refractivity contribution >= 4 is 22.6 Å². The van der Waals surface area contributed by atoms with E-state index in [0.717, 1.165) is 59.7 Å². The maximum atomic E-state index is 12.4. The zero-order valence-electron chi connectivity index (χ0n) is 15.7. The van der Waals surface area contributed by atoms with Gasteiger partial charge in [0.15, 0.2) is 5.75 Å². The number of H-pyrrole nitrogens is 1. The number of imidazole rings is 1. The van der Waals surface area contributed by atoms with Gasteiger partial charge in [-0.3, -0.25) is 4.79 Å². The molecule has 0 saturated carbocycles. The second-order valence-electron chi connectivity index (χ2n) is 7.57. The lowest BCUT2D eigenvalue weighted by atomic mass is 9.93. The first-order valence-electron chi connectivity index (χ1n) is 9.66. The van der Waals surface area contributed by atoms with Gasteiger partial charge in [-0.1, -0.05) is 24.3 Å². The number of carbonyl (C=O) groups excluding carboxylic acids is 1. The van der Waals surface area contributed by atoms with Crippen LogP contribution in [0.2, 0.25) is 0 Å². The van der Waals surface area contributed by atoms with Crippen LogP contribution in [0.1, 0.15) is 47.9 Å². The molecule has 3 heterocycles. The number of benzene rings is 2. The lowest BCUT2D eigenvalue weighted by Crippen LogP contribution is -2.27. The zero-order chi connectivity index (χ0) is 18.5. The number of fused-ring (bicyclic) bond motifs is 3. The normalized spacial score (nSPS) is 19.4. The van der Waals surface area contributed by atoms with E-state index in [0.29, 0.717) is 6.42 Å². The molecule has 3 aromatic rings. The molecular formula is C22H23N3O2. The van der Waals surface area contributed by atoms with Crippen LogP contribution in [0.5, 0.6) is 5.75 Å².